The highest BCUT2D eigenvalue weighted by Gasteiger charge is 2.15. The van der Waals surface area contributed by atoms with Gasteiger partial charge >= 0.3 is 0 Å². The van der Waals surface area contributed by atoms with E-state index in [-0.39, 0.29) is 10.6 Å². The second-order valence-corrected chi connectivity index (χ2v) is 5.16. The molecule has 0 saturated carbocycles. The Morgan fingerprint density at radius 1 is 0.882 bits per heavy atom. The maximum atomic E-state index is 11.3. The van der Waals surface area contributed by atoms with Crippen LogP contribution in [-0.4, -0.2) is 8.42 Å². The Labute approximate surface area is 99.9 Å². The quantitative estimate of drug-likeness (QED) is 0.791. The van der Waals surface area contributed by atoms with Crippen molar-refractivity contribution < 1.29 is 8.42 Å². The van der Waals surface area contributed by atoms with Gasteiger partial charge in [-0.15, -0.1) is 0 Å². The van der Waals surface area contributed by atoms with E-state index >= 15 is 0 Å². The van der Waals surface area contributed by atoms with Crippen molar-refractivity contribution in [2.75, 3.05) is 5.73 Å². The van der Waals surface area contributed by atoms with Crippen molar-refractivity contribution in [2.45, 2.75) is 4.90 Å². The molecule has 0 bridgehead atoms. The van der Waals surface area contributed by atoms with Gasteiger partial charge in [-0.2, -0.15) is 0 Å². The maximum Gasteiger partial charge on any atom is 0.240 e. The predicted octanol–water partition coefficient (Wildman–Crippen LogP) is 1.58. The molecule has 4 N–H and O–H groups in total. The first-order valence-corrected chi connectivity index (χ1v) is 6.51. The third kappa shape index (κ3) is 2.30. The molecule has 17 heavy (non-hydrogen) atoms. The van der Waals surface area contributed by atoms with Crippen molar-refractivity contribution in [1.29, 1.82) is 0 Å². The van der Waals surface area contributed by atoms with Gasteiger partial charge in [0.1, 0.15) is 4.90 Å². The van der Waals surface area contributed by atoms with Crippen LogP contribution in [0.1, 0.15) is 0 Å². The molecule has 0 aliphatic carbocycles. The number of rotatable bonds is 2. The fourth-order valence-corrected chi connectivity index (χ4v) is 2.35. The van der Waals surface area contributed by atoms with Gasteiger partial charge in [-0.1, -0.05) is 42.5 Å². The summed E-state index contributed by atoms with van der Waals surface area (Å²) < 4.78 is 22.7. The Balaban J connectivity index is 2.67. The zero-order valence-electron chi connectivity index (χ0n) is 9.00. The zero-order chi connectivity index (χ0) is 12.5. The second kappa shape index (κ2) is 4.20. The van der Waals surface area contributed by atoms with E-state index in [1.807, 2.05) is 30.3 Å². The van der Waals surface area contributed by atoms with E-state index in [4.69, 9.17) is 10.9 Å². The molecule has 0 unspecified atom stereocenters. The summed E-state index contributed by atoms with van der Waals surface area (Å²) in [7, 11) is -3.79. The van der Waals surface area contributed by atoms with Crippen LogP contribution in [0.4, 0.5) is 5.69 Å². The van der Waals surface area contributed by atoms with E-state index in [2.05, 4.69) is 0 Å². The van der Waals surface area contributed by atoms with Crippen LogP contribution in [0.5, 0.6) is 0 Å². The second-order valence-electron chi connectivity index (χ2n) is 3.63. The van der Waals surface area contributed by atoms with Crippen LogP contribution < -0.4 is 10.9 Å². The lowest BCUT2D eigenvalue weighted by atomic mass is 10.0. The van der Waals surface area contributed by atoms with Crippen LogP contribution >= 0.6 is 0 Å². The van der Waals surface area contributed by atoms with Crippen LogP contribution in [0.2, 0.25) is 0 Å². The normalized spacial score (nSPS) is 11.4. The van der Waals surface area contributed by atoms with Crippen molar-refractivity contribution in [3.8, 4) is 11.1 Å². The van der Waals surface area contributed by atoms with Crippen molar-refractivity contribution in [1.82, 2.24) is 0 Å². The summed E-state index contributed by atoms with van der Waals surface area (Å²) in [6.07, 6.45) is 0. The molecule has 88 valence electrons. The number of hydrogen-bond acceptors (Lipinski definition) is 3. The molecule has 4 nitrogen and oxygen atoms in total. The third-order valence-electron chi connectivity index (χ3n) is 2.46. The molecule has 0 amide bonds. The fourth-order valence-electron chi connectivity index (χ4n) is 1.66. The lowest BCUT2D eigenvalue weighted by Gasteiger charge is -2.09. The summed E-state index contributed by atoms with van der Waals surface area (Å²) in [5, 5.41) is 5.10. The Bertz CT molecular complexity index is 637. The Hall–Kier alpha value is -1.85. The Kier molecular flexibility index (Phi) is 2.87. The maximum absolute atomic E-state index is 11.3. The Morgan fingerprint density at radius 3 is 2.12 bits per heavy atom. The van der Waals surface area contributed by atoms with Gasteiger partial charge in [0.25, 0.3) is 0 Å². The number of benzene rings is 2. The van der Waals surface area contributed by atoms with Crippen molar-refractivity contribution in [3.63, 3.8) is 0 Å². The van der Waals surface area contributed by atoms with E-state index in [9.17, 15) is 8.42 Å². The first-order valence-electron chi connectivity index (χ1n) is 4.97. The fraction of sp³-hybridized carbons (Fsp3) is 0. The van der Waals surface area contributed by atoms with E-state index in [0.29, 0.717) is 5.56 Å². The molecule has 5 heteroatoms. The molecule has 0 aliphatic heterocycles. The summed E-state index contributed by atoms with van der Waals surface area (Å²) in [5.74, 6) is 0. The largest absolute Gasteiger partial charge is 0.397 e. The highest BCUT2D eigenvalue weighted by atomic mass is 32.2. The van der Waals surface area contributed by atoms with Crippen molar-refractivity contribution >= 4 is 15.7 Å². The summed E-state index contributed by atoms with van der Waals surface area (Å²) in [6, 6.07) is 14.1. The smallest absolute Gasteiger partial charge is 0.240 e. The van der Waals surface area contributed by atoms with Crippen LogP contribution in [0.15, 0.2) is 53.4 Å². The highest BCUT2D eigenvalue weighted by molar-refractivity contribution is 7.89. The number of primary sulfonamides is 1. The van der Waals surface area contributed by atoms with E-state index in [0.717, 1.165) is 5.56 Å². The molecule has 0 radical (unpaired) electrons. The molecule has 0 atom stereocenters. The van der Waals surface area contributed by atoms with E-state index in [1.54, 1.807) is 12.1 Å². The van der Waals surface area contributed by atoms with Crippen molar-refractivity contribution in [3.05, 3.63) is 48.5 Å². The monoisotopic (exact) mass is 248 g/mol. The highest BCUT2D eigenvalue weighted by Crippen LogP contribution is 2.30. The van der Waals surface area contributed by atoms with Crippen LogP contribution in [0.3, 0.4) is 0 Å². The molecule has 2 aromatic carbocycles. The summed E-state index contributed by atoms with van der Waals surface area (Å²) in [5.41, 5.74) is 7.54. The van der Waals surface area contributed by atoms with Crippen molar-refractivity contribution in [2.24, 2.45) is 5.14 Å². The lowest BCUT2D eigenvalue weighted by Crippen LogP contribution is -2.14. The number of anilines is 1. The van der Waals surface area contributed by atoms with Crippen LogP contribution in [0.25, 0.3) is 11.1 Å². The van der Waals surface area contributed by atoms with E-state index in [1.165, 1.54) is 6.07 Å². The summed E-state index contributed by atoms with van der Waals surface area (Å²) in [6.45, 7) is 0. The number of nitrogen functional groups attached to an aromatic ring is 1. The molecule has 0 heterocycles. The minimum absolute atomic E-state index is 0.0427. The average molecular weight is 248 g/mol. The van der Waals surface area contributed by atoms with Gasteiger partial charge in [-0.25, -0.2) is 13.6 Å². The van der Waals surface area contributed by atoms with Crippen LogP contribution in [-0.2, 0) is 10.0 Å². The molecular formula is C12H12N2O2S. The topological polar surface area (TPSA) is 86.2 Å². The SMILES string of the molecule is Nc1c(-c2ccccc2)cccc1S(N)(=O)=O. The third-order valence-corrected chi connectivity index (χ3v) is 3.43. The predicted molar refractivity (Wildman–Crippen MR) is 67.7 cm³/mol. The average Bonchev–Trinajstić information content (AvgIpc) is 2.29. The molecule has 0 spiro atoms. The molecule has 0 aliphatic rings. The van der Waals surface area contributed by atoms with Gasteiger partial charge in [0.2, 0.25) is 10.0 Å². The van der Waals surface area contributed by atoms with Gasteiger partial charge in [-0.05, 0) is 11.6 Å². The minimum atomic E-state index is -3.79. The molecule has 2 rings (SSSR count). The minimum Gasteiger partial charge on any atom is -0.397 e. The zero-order valence-corrected chi connectivity index (χ0v) is 9.81. The molecule has 0 fully saturated rings. The Morgan fingerprint density at radius 2 is 1.53 bits per heavy atom. The first kappa shape index (κ1) is 11.6. The van der Waals surface area contributed by atoms with Gasteiger partial charge in [0.05, 0.1) is 5.69 Å². The van der Waals surface area contributed by atoms with Gasteiger partial charge in [-0.3, -0.25) is 0 Å². The van der Waals surface area contributed by atoms with E-state index < -0.39 is 10.0 Å². The van der Waals surface area contributed by atoms with Gasteiger partial charge < -0.3 is 5.73 Å². The van der Waals surface area contributed by atoms with Gasteiger partial charge in [0.15, 0.2) is 0 Å². The molecule has 0 aromatic heterocycles. The lowest BCUT2D eigenvalue weighted by molar-refractivity contribution is 0.598. The molecule has 2 aromatic rings. The van der Waals surface area contributed by atoms with Gasteiger partial charge in [0, 0.05) is 5.56 Å². The first-order chi connectivity index (χ1) is 8.00. The number of sulfonamides is 1. The molecule has 0 saturated heterocycles. The molecular weight excluding hydrogens is 236 g/mol. The number of para-hydroxylation sites is 1. The summed E-state index contributed by atoms with van der Waals surface area (Å²) >= 11 is 0. The number of hydrogen-bond donors (Lipinski definition) is 2. The van der Waals surface area contributed by atoms with Crippen LogP contribution in [0, 0.1) is 0 Å². The number of nitrogens with two attached hydrogens (primary N) is 2. The summed E-state index contributed by atoms with van der Waals surface area (Å²) in [4.78, 5) is -0.0427. The standard InChI is InChI=1S/C12H12N2O2S/c13-12-10(9-5-2-1-3-6-9)7-4-8-11(12)17(14,15)16/h1-8H,13H2,(H2,14,15,16).